The van der Waals surface area contributed by atoms with E-state index in [0.717, 1.165) is 18.4 Å². The molecule has 126 valence electrons. The third-order valence-electron chi connectivity index (χ3n) is 4.94. The molecule has 3 rings (SSSR count). The van der Waals surface area contributed by atoms with E-state index < -0.39 is 10.0 Å². The van der Waals surface area contributed by atoms with Gasteiger partial charge >= 0.3 is 0 Å². The van der Waals surface area contributed by atoms with E-state index in [1.807, 2.05) is 30.0 Å². The highest BCUT2D eigenvalue weighted by Crippen LogP contribution is 2.49. The number of benzene rings is 1. The van der Waals surface area contributed by atoms with E-state index in [4.69, 9.17) is 0 Å². The second kappa shape index (κ2) is 5.91. The Hall–Kier alpha value is -1.40. The first kappa shape index (κ1) is 16.5. The van der Waals surface area contributed by atoms with Gasteiger partial charge in [0, 0.05) is 26.2 Å². The van der Waals surface area contributed by atoms with Crippen LogP contribution in [0.2, 0.25) is 0 Å². The fourth-order valence-electron chi connectivity index (χ4n) is 3.42. The smallest absolute Gasteiger partial charge is 0.233 e. The van der Waals surface area contributed by atoms with Crippen molar-refractivity contribution in [3.63, 3.8) is 0 Å². The van der Waals surface area contributed by atoms with E-state index in [1.54, 1.807) is 0 Å². The van der Waals surface area contributed by atoms with Crippen molar-refractivity contribution < 1.29 is 13.2 Å². The maximum Gasteiger partial charge on any atom is 0.233 e. The van der Waals surface area contributed by atoms with Crippen LogP contribution >= 0.6 is 0 Å². The van der Waals surface area contributed by atoms with E-state index in [-0.39, 0.29) is 11.3 Å². The highest BCUT2D eigenvalue weighted by atomic mass is 32.2. The number of hydrogen-bond acceptors (Lipinski definition) is 3. The Kier molecular flexibility index (Phi) is 4.23. The van der Waals surface area contributed by atoms with Crippen molar-refractivity contribution >= 4 is 15.9 Å². The van der Waals surface area contributed by atoms with Crippen LogP contribution in [0, 0.1) is 6.92 Å². The molecule has 2 aliphatic rings. The second-order valence-corrected chi connectivity index (χ2v) is 8.74. The maximum absolute atomic E-state index is 13.1. The zero-order chi connectivity index (χ0) is 16.7. The first-order valence-corrected chi connectivity index (χ1v) is 9.99. The van der Waals surface area contributed by atoms with Gasteiger partial charge in [-0.15, -0.1) is 0 Å². The Morgan fingerprint density at radius 2 is 1.87 bits per heavy atom. The molecule has 1 saturated heterocycles. The summed E-state index contributed by atoms with van der Waals surface area (Å²) in [7, 11) is -3.18. The van der Waals surface area contributed by atoms with Gasteiger partial charge in [0.1, 0.15) is 0 Å². The van der Waals surface area contributed by atoms with Crippen LogP contribution in [0.3, 0.4) is 0 Å². The van der Waals surface area contributed by atoms with Crippen LogP contribution in [0.1, 0.15) is 30.4 Å². The van der Waals surface area contributed by atoms with Crippen molar-refractivity contribution in [3.8, 4) is 0 Å². The normalized spacial score (nSPS) is 21.7. The number of carbonyl (C=O) groups excluding carboxylic acids is 1. The summed E-state index contributed by atoms with van der Waals surface area (Å²) in [5, 5.41) is 0. The van der Waals surface area contributed by atoms with Crippen LogP contribution in [0.5, 0.6) is 0 Å². The number of carbonyl (C=O) groups is 1. The zero-order valence-corrected chi connectivity index (χ0v) is 14.6. The van der Waals surface area contributed by atoms with Gasteiger partial charge in [0.2, 0.25) is 15.9 Å². The lowest BCUT2D eigenvalue weighted by Gasteiger charge is -2.26. The van der Waals surface area contributed by atoms with Gasteiger partial charge in [0.25, 0.3) is 0 Å². The van der Waals surface area contributed by atoms with Gasteiger partial charge in [-0.3, -0.25) is 4.79 Å². The molecule has 0 spiro atoms. The molecule has 5 nitrogen and oxygen atoms in total. The zero-order valence-electron chi connectivity index (χ0n) is 13.8. The molecule has 0 bridgehead atoms. The van der Waals surface area contributed by atoms with Crippen LogP contribution in [0.15, 0.2) is 24.3 Å². The van der Waals surface area contributed by atoms with Crippen molar-refractivity contribution in [1.29, 1.82) is 0 Å². The summed E-state index contributed by atoms with van der Waals surface area (Å²) in [5.74, 6) is 0.165. The monoisotopic (exact) mass is 336 g/mol. The molecule has 1 saturated carbocycles. The number of amides is 1. The molecule has 1 aromatic rings. The molecule has 0 aromatic heterocycles. The molecule has 2 fully saturated rings. The summed E-state index contributed by atoms with van der Waals surface area (Å²) >= 11 is 0. The number of sulfonamides is 1. The molecule has 6 heteroatoms. The highest BCUT2D eigenvalue weighted by molar-refractivity contribution is 7.88. The molecule has 0 atom stereocenters. The van der Waals surface area contributed by atoms with E-state index in [2.05, 4.69) is 6.07 Å². The maximum atomic E-state index is 13.1. The van der Waals surface area contributed by atoms with Crippen molar-refractivity contribution in [2.75, 3.05) is 32.4 Å². The van der Waals surface area contributed by atoms with Gasteiger partial charge < -0.3 is 4.90 Å². The number of rotatable bonds is 3. The van der Waals surface area contributed by atoms with E-state index in [9.17, 15) is 13.2 Å². The van der Waals surface area contributed by atoms with Crippen LogP contribution < -0.4 is 0 Å². The Morgan fingerprint density at radius 3 is 2.48 bits per heavy atom. The Morgan fingerprint density at radius 1 is 1.13 bits per heavy atom. The molecule has 23 heavy (non-hydrogen) atoms. The minimum Gasteiger partial charge on any atom is -0.341 e. The Balaban J connectivity index is 1.76. The van der Waals surface area contributed by atoms with Gasteiger partial charge in [0.05, 0.1) is 11.7 Å². The largest absolute Gasteiger partial charge is 0.341 e. The van der Waals surface area contributed by atoms with E-state index >= 15 is 0 Å². The predicted octanol–water partition coefficient (Wildman–Crippen LogP) is 1.52. The minimum absolute atomic E-state index is 0.165. The molecule has 0 radical (unpaired) electrons. The van der Waals surface area contributed by atoms with Crippen LogP contribution in [-0.2, 0) is 20.2 Å². The van der Waals surface area contributed by atoms with Gasteiger partial charge in [-0.05, 0) is 31.7 Å². The van der Waals surface area contributed by atoms with Crippen molar-refractivity contribution in [1.82, 2.24) is 9.21 Å². The molecular weight excluding hydrogens is 312 g/mol. The van der Waals surface area contributed by atoms with Gasteiger partial charge in [-0.1, -0.05) is 29.8 Å². The molecule has 1 amide bonds. The molecule has 0 N–H and O–H groups in total. The van der Waals surface area contributed by atoms with Crippen molar-refractivity contribution in [2.45, 2.75) is 31.6 Å². The van der Waals surface area contributed by atoms with E-state index in [1.165, 1.54) is 16.1 Å². The Bertz CT molecular complexity index is 710. The third-order valence-corrected chi connectivity index (χ3v) is 6.24. The fraction of sp³-hybridized carbons (Fsp3) is 0.588. The summed E-state index contributed by atoms with van der Waals surface area (Å²) in [4.78, 5) is 14.9. The lowest BCUT2D eigenvalue weighted by Crippen LogP contribution is -2.42. The number of hydrogen-bond donors (Lipinski definition) is 0. The Labute approximate surface area is 138 Å². The van der Waals surface area contributed by atoms with Crippen LogP contribution in [0.4, 0.5) is 0 Å². The van der Waals surface area contributed by atoms with Crippen LogP contribution in [0.25, 0.3) is 0 Å². The van der Waals surface area contributed by atoms with Gasteiger partial charge in [-0.25, -0.2) is 12.7 Å². The lowest BCUT2D eigenvalue weighted by molar-refractivity contribution is -0.133. The molecular formula is C17H24N2O3S. The summed E-state index contributed by atoms with van der Waals surface area (Å²) < 4.78 is 24.9. The van der Waals surface area contributed by atoms with Crippen LogP contribution in [-0.4, -0.2) is 56.0 Å². The quantitative estimate of drug-likeness (QED) is 0.841. The van der Waals surface area contributed by atoms with Crippen molar-refractivity contribution in [2.24, 2.45) is 0 Å². The van der Waals surface area contributed by atoms with Gasteiger partial charge in [-0.2, -0.15) is 0 Å². The molecule has 0 unspecified atom stereocenters. The van der Waals surface area contributed by atoms with E-state index in [0.29, 0.717) is 32.6 Å². The van der Waals surface area contributed by atoms with Crippen molar-refractivity contribution in [3.05, 3.63) is 35.4 Å². The summed E-state index contributed by atoms with van der Waals surface area (Å²) in [6.45, 7) is 4.06. The summed E-state index contributed by atoms with van der Waals surface area (Å²) in [5.41, 5.74) is 1.90. The summed E-state index contributed by atoms with van der Waals surface area (Å²) in [6, 6.07) is 8.19. The topological polar surface area (TPSA) is 57.7 Å². The highest BCUT2D eigenvalue weighted by Gasteiger charge is 2.53. The third kappa shape index (κ3) is 3.28. The molecule has 1 aromatic carbocycles. The average molecular weight is 336 g/mol. The lowest BCUT2D eigenvalue weighted by atomic mass is 9.93. The minimum atomic E-state index is -3.18. The SMILES string of the molecule is Cc1cccc(C2(C(=O)N3CCCN(S(C)(=O)=O)CC3)CC2)c1. The average Bonchev–Trinajstić information content (AvgIpc) is 3.30. The number of aryl methyl sites for hydroxylation is 1. The summed E-state index contributed by atoms with van der Waals surface area (Å²) in [6.07, 6.45) is 3.71. The number of nitrogens with zero attached hydrogens (tertiary/aromatic N) is 2. The molecule has 1 aliphatic heterocycles. The van der Waals surface area contributed by atoms with Gasteiger partial charge in [0.15, 0.2) is 0 Å². The predicted molar refractivity (Wildman–Crippen MR) is 89.7 cm³/mol. The first-order chi connectivity index (χ1) is 10.8. The standard InChI is InChI=1S/C17H24N2O3S/c1-14-5-3-6-15(13-14)17(7-8-17)16(20)18-9-4-10-19(12-11-18)23(2,21)22/h3,5-6,13H,4,7-12H2,1-2H3. The fourth-order valence-corrected chi connectivity index (χ4v) is 4.30. The molecule has 1 heterocycles. The first-order valence-electron chi connectivity index (χ1n) is 8.15. The molecule has 1 aliphatic carbocycles. The second-order valence-electron chi connectivity index (χ2n) is 6.76.